The third-order valence-electron chi connectivity index (χ3n) is 5.53. The summed E-state index contributed by atoms with van der Waals surface area (Å²) in [6.07, 6.45) is 7.78. The molecule has 1 aliphatic rings. The van der Waals surface area contributed by atoms with Crippen LogP contribution in [-0.2, 0) is 22.6 Å². The Bertz CT molecular complexity index is 1210. The fourth-order valence-corrected chi connectivity index (χ4v) is 4.91. The Hall–Kier alpha value is -2.55. The number of methoxy groups -OCH3 is 1. The van der Waals surface area contributed by atoms with Gasteiger partial charge in [-0.15, -0.1) is 0 Å². The van der Waals surface area contributed by atoms with Crippen molar-refractivity contribution in [2.24, 2.45) is 0 Å². The number of thioether (sulfide) groups is 1. The summed E-state index contributed by atoms with van der Waals surface area (Å²) in [5.41, 5.74) is 1.36. The molecule has 0 bridgehead atoms. The molecule has 4 rings (SSSR count). The lowest BCUT2D eigenvalue weighted by Gasteiger charge is -2.27. The number of hydrogen-bond acceptors (Lipinski definition) is 6. The van der Waals surface area contributed by atoms with Crippen LogP contribution in [0, 0.1) is 0 Å². The van der Waals surface area contributed by atoms with E-state index < -0.39 is 0 Å². The van der Waals surface area contributed by atoms with Crippen LogP contribution in [0.25, 0.3) is 10.9 Å². The number of ether oxygens (including phenoxy) is 1. The normalized spacial score (nSPS) is 13.8. The van der Waals surface area contributed by atoms with Gasteiger partial charge in [-0.3, -0.25) is 14.2 Å². The van der Waals surface area contributed by atoms with Gasteiger partial charge in [0.2, 0.25) is 5.91 Å². The summed E-state index contributed by atoms with van der Waals surface area (Å²) in [5.74, 6) is 0.822. The molecule has 0 atom stereocenters. The van der Waals surface area contributed by atoms with Crippen molar-refractivity contribution >= 4 is 40.2 Å². The van der Waals surface area contributed by atoms with Gasteiger partial charge in [-0.05, 0) is 56.0 Å². The third kappa shape index (κ3) is 5.69. The molecular formula is C24H26ClN3O4S. The molecule has 33 heavy (non-hydrogen) atoms. The van der Waals surface area contributed by atoms with E-state index in [4.69, 9.17) is 20.8 Å². The highest BCUT2D eigenvalue weighted by Crippen LogP contribution is 2.26. The quantitative estimate of drug-likeness (QED) is 0.316. The van der Waals surface area contributed by atoms with Gasteiger partial charge in [0.1, 0.15) is 5.76 Å². The minimum absolute atomic E-state index is 0.0525. The van der Waals surface area contributed by atoms with Gasteiger partial charge < -0.3 is 14.1 Å². The summed E-state index contributed by atoms with van der Waals surface area (Å²) < 4.78 is 12.2. The molecule has 2 aromatic heterocycles. The SMILES string of the molecule is COCCn1c(SCC(=O)N(Cc2ccco2)C2=CCCCC2)nc2cc(Cl)ccc2c1=O. The van der Waals surface area contributed by atoms with Crippen molar-refractivity contribution in [3.05, 3.63) is 69.5 Å². The minimum Gasteiger partial charge on any atom is -0.467 e. The first-order chi connectivity index (χ1) is 16.1. The zero-order valence-electron chi connectivity index (χ0n) is 18.5. The van der Waals surface area contributed by atoms with Gasteiger partial charge in [0.05, 0.1) is 42.6 Å². The number of fused-ring (bicyclic) bond motifs is 1. The van der Waals surface area contributed by atoms with Gasteiger partial charge in [0.15, 0.2) is 5.16 Å². The summed E-state index contributed by atoms with van der Waals surface area (Å²) >= 11 is 7.37. The van der Waals surface area contributed by atoms with E-state index in [1.54, 1.807) is 41.0 Å². The molecule has 9 heteroatoms. The van der Waals surface area contributed by atoms with Crippen molar-refractivity contribution in [3.8, 4) is 0 Å². The Kier molecular flexibility index (Phi) is 7.90. The van der Waals surface area contributed by atoms with E-state index in [2.05, 4.69) is 11.1 Å². The predicted molar refractivity (Wildman–Crippen MR) is 129 cm³/mol. The van der Waals surface area contributed by atoms with Crippen molar-refractivity contribution in [2.75, 3.05) is 19.5 Å². The molecule has 0 spiro atoms. The van der Waals surface area contributed by atoms with Gasteiger partial charge >= 0.3 is 0 Å². The highest BCUT2D eigenvalue weighted by atomic mass is 35.5. The summed E-state index contributed by atoms with van der Waals surface area (Å²) in [5, 5.41) is 1.46. The van der Waals surface area contributed by atoms with Crippen LogP contribution in [-0.4, -0.2) is 39.8 Å². The molecule has 2 heterocycles. The number of furan rings is 1. The van der Waals surface area contributed by atoms with Crippen LogP contribution < -0.4 is 5.56 Å². The molecule has 3 aromatic rings. The van der Waals surface area contributed by atoms with E-state index in [-0.39, 0.29) is 17.2 Å². The van der Waals surface area contributed by atoms with Gasteiger partial charge in [-0.1, -0.05) is 29.4 Å². The topological polar surface area (TPSA) is 77.6 Å². The summed E-state index contributed by atoms with van der Waals surface area (Å²) in [4.78, 5) is 32.9. The number of nitrogens with zero attached hydrogens (tertiary/aromatic N) is 3. The molecule has 0 radical (unpaired) electrons. The van der Waals surface area contributed by atoms with Crippen molar-refractivity contribution in [1.29, 1.82) is 0 Å². The number of allylic oxidation sites excluding steroid dienone is 2. The third-order valence-corrected chi connectivity index (χ3v) is 6.73. The smallest absolute Gasteiger partial charge is 0.262 e. The van der Waals surface area contributed by atoms with Crippen molar-refractivity contribution in [2.45, 2.75) is 43.9 Å². The zero-order chi connectivity index (χ0) is 23.2. The Labute approximate surface area is 201 Å². The fourth-order valence-electron chi connectivity index (χ4n) is 3.84. The first-order valence-corrected chi connectivity index (χ1v) is 12.3. The summed E-state index contributed by atoms with van der Waals surface area (Å²) in [6.45, 7) is 1.09. The lowest BCUT2D eigenvalue weighted by Crippen LogP contribution is -2.32. The van der Waals surface area contributed by atoms with Gasteiger partial charge in [-0.2, -0.15) is 0 Å². The summed E-state index contributed by atoms with van der Waals surface area (Å²) in [7, 11) is 1.58. The maximum atomic E-state index is 13.3. The number of halogens is 1. The van der Waals surface area contributed by atoms with Crippen LogP contribution >= 0.6 is 23.4 Å². The van der Waals surface area contributed by atoms with E-state index in [0.717, 1.165) is 37.1 Å². The molecule has 0 aliphatic heterocycles. The standard InChI is InChI=1S/C24H26ClN3O4S/c1-31-13-11-27-23(30)20-10-9-17(25)14-21(20)26-24(27)33-16-22(29)28(15-19-8-5-12-32-19)18-6-3-2-4-7-18/h5-6,8-10,12,14H,2-4,7,11,13,15-16H2,1H3. The number of hydrogen-bond donors (Lipinski definition) is 0. The number of carbonyl (C=O) groups is 1. The van der Waals surface area contributed by atoms with Gasteiger partial charge in [-0.25, -0.2) is 4.98 Å². The Morgan fingerprint density at radius 1 is 1.33 bits per heavy atom. The average Bonchev–Trinajstić information content (AvgIpc) is 3.34. The average molecular weight is 488 g/mol. The van der Waals surface area contributed by atoms with Crippen molar-refractivity contribution in [3.63, 3.8) is 0 Å². The predicted octanol–water partition coefficient (Wildman–Crippen LogP) is 4.87. The zero-order valence-corrected chi connectivity index (χ0v) is 20.0. The lowest BCUT2D eigenvalue weighted by molar-refractivity contribution is -0.127. The molecule has 0 saturated carbocycles. The second-order valence-electron chi connectivity index (χ2n) is 7.79. The number of carbonyl (C=O) groups excluding carboxylic acids is 1. The van der Waals surface area contributed by atoms with Gasteiger partial charge in [0, 0.05) is 17.8 Å². The molecule has 0 N–H and O–H groups in total. The Balaban J connectivity index is 1.60. The van der Waals surface area contributed by atoms with E-state index >= 15 is 0 Å². The molecule has 0 fully saturated rings. The highest BCUT2D eigenvalue weighted by Gasteiger charge is 2.22. The maximum absolute atomic E-state index is 13.3. The van der Waals surface area contributed by atoms with Crippen LogP contribution in [0.3, 0.4) is 0 Å². The molecule has 174 valence electrons. The Morgan fingerprint density at radius 3 is 2.94 bits per heavy atom. The molecule has 1 amide bonds. The minimum atomic E-state index is -0.175. The van der Waals surface area contributed by atoms with Crippen LogP contribution in [0.1, 0.15) is 31.4 Å². The van der Waals surface area contributed by atoms with Crippen molar-refractivity contribution in [1.82, 2.24) is 14.5 Å². The second-order valence-corrected chi connectivity index (χ2v) is 9.17. The first kappa shape index (κ1) is 23.6. The highest BCUT2D eigenvalue weighted by molar-refractivity contribution is 7.99. The molecule has 1 aromatic carbocycles. The Morgan fingerprint density at radius 2 is 2.21 bits per heavy atom. The lowest BCUT2D eigenvalue weighted by atomic mass is 10.0. The van der Waals surface area contributed by atoms with Crippen molar-refractivity contribution < 1.29 is 13.9 Å². The van der Waals surface area contributed by atoms with E-state index in [1.807, 2.05) is 12.1 Å². The van der Waals surface area contributed by atoms with Crippen LogP contribution in [0.5, 0.6) is 0 Å². The monoisotopic (exact) mass is 487 g/mol. The largest absolute Gasteiger partial charge is 0.467 e. The van der Waals surface area contributed by atoms with Crippen LogP contribution in [0.4, 0.5) is 0 Å². The van der Waals surface area contributed by atoms with E-state index in [9.17, 15) is 9.59 Å². The maximum Gasteiger partial charge on any atom is 0.262 e. The first-order valence-electron chi connectivity index (χ1n) is 10.9. The molecule has 7 nitrogen and oxygen atoms in total. The summed E-state index contributed by atoms with van der Waals surface area (Å²) in [6, 6.07) is 8.71. The molecule has 0 unspecified atom stereocenters. The number of aromatic nitrogens is 2. The number of rotatable bonds is 9. The number of amides is 1. The van der Waals surface area contributed by atoms with Crippen LogP contribution in [0.2, 0.25) is 5.02 Å². The fraction of sp³-hybridized carbons (Fsp3) is 0.375. The van der Waals surface area contributed by atoms with Crippen LogP contribution in [0.15, 0.2) is 62.7 Å². The molecular weight excluding hydrogens is 462 g/mol. The molecule has 1 aliphatic carbocycles. The second kappa shape index (κ2) is 11.0. The van der Waals surface area contributed by atoms with E-state index in [0.29, 0.717) is 40.8 Å². The van der Waals surface area contributed by atoms with Gasteiger partial charge in [0.25, 0.3) is 5.56 Å². The number of benzene rings is 1. The molecule has 0 saturated heterocycles. The van der Waals surface area contributed by atoms with E-state index in [1.165, 1.54) is 11.8 Å².